The molecule has 1 aromatic heterocycles. The number of halogens is 1. The number of aromatic amines is 1. The fraction of sp³-hybridized carbons (Fsp3) is 0.423. The lowest BCUT2D eigenvalue weighted by Gasteiger charge is -2.51. The predicted octanol–water partition coefficient (Wildman–Crippen LogP) is 5.13. The topological polar surface area (TPSA) is 45.3 Å². The van der Waals surface area contributed by atoms with Crippen molar-refractivity contribution in [2.75, 3.05) is 20.2 Å². The first-order valence-corrected chi connectivity index (χ1v) is 11.7. The first kappa shape index (κ1) is 19.2. The van der Waals surface area contributed by atoms with Gasteiger partial charge in [0.25, 0.3) is 0 Å². The first-order valence-electron chi connectivity index (χ1n) is 11.3. The Bertz CT molecular complexity index is 1180. The highest BCUT2D eigenvalue weighted by Crippen LogP contribution is 2.50. The zero-order chi connectivity index (χ0) is 21.2. The number of ether oxygens (including phenoxy) is 1. The van der Waals surface area contributed by atoms with Crippen LogP contribution in [0.5, 0.6) is 5.75 Å². The highest BCUT2D eigenvalue weighted by Gasteiger charge is 2.50. The molecular weight excluding hydrogens is 408 g/mol. The van der Waals surface area contributed by atoms with Gasteiger partial charge in [-0.15, -0.1) is 0 Å². The van der Waals surface area contributed by atoms with Crippen molar-refractivity contribution >= 4 is 28.4 Å². The molecule has 4 nitrogen and oxygen atoms in total. The molecule has 0 spiro atoms. The van der Waals surface area contributed by atoms with Crippen molar-refractivity contribution in [3.8, 4) is 5.75 Å². The maximum Gasteiger partial charge on any atom is 0.225 e. The summed E-state index contributed by atoms with van der Waals surface area (Å²) in [6, 6.07) is 14.7. The number of carbonyl (C=O) groups excluding carboxylic acids is 1. The van der Waals surface area contributed by atoms with Crippen molar-refractivity contribution in [3.05, 3.63) is 64.3 Å². The summed E-state index contributed by atoms with van der Waals surface area (Å²) in [4.78, 5) is 18.7. The maximum atomic E-state index is 12.9. The van der Waals surface area contributed by atoms with Crippen LogP contribution in [0.25, 0.3) is 10.9 Å². The molecule has 1 saturated carbocycles. The molecule has 1 N–H and O–H groups in total. The van der Waals surface area contributed by atoms with Gasteiger partial charge >= 0.3 is 0 Å². The summed E-state index contributed by atoms with van der Waals surface area (Å²) in [5.74, 6) is 1.93. The average molecular weight is 435 g/mol. The third-order valence-electron chi connectivity index (χ3n) is 7.83. The van der Waals surface area contributed by atoms with Crippen LogP contribution >= 0.6 is 11.6 Å². The van der Waals surface area contributed by atoms with Crippen molar-refractivity contribution < 1.29 is 9.53 Å². The van der Waals surface area contributed by atoms with Gasteiger partial charge in [0.2, 0.25) is 5.91 Å². The summed E-state index contributed by atoms with van der Waals surface area (Å²) >= 11 is 6.27. The number of benzene rings is 2. The summed E-state index contributed by atoms with van der Waals surface area (Å²) in [5.41, 5.74) is 5.17. The largest absolute Gasteiger partial charge is 0.497 e. The Morgan fingerprint density at radius 3 is 2.90 bits per heavy atom. The quantitative estimate of drug-likeness (QED) is 0.621. The van der Waals surface area contributed by atoms with Crippen molar-refractivity contribution in [2.24, 2.45) is 11.8 Å². The smallest absolute Gasteiger partial charge is 0.225 e. The summed E-state index contributed by atoms with van der Waals surface area (Å²) in [7, 11) is 1.73. The number of piperidine rings is 1. The molecule has 1 aliphatic heterocycles. The molecule has 2 heterocycles. The zero-order valence-electron chi connectivity index (χ0n) is 17.8. The molecule has 160 valence electrons. The fourth-order valence-electron chi connectivity index (χ4n) is 6.00. The number of nitrogens with zero attached hydrogens (tertiary/aromatic N) is 1. The molecule has 2 unspecified atom stereocenters. The van der Waals surface area contributed by atoms with Gasteiger partial charge in [0.05, 0.1) is 7.11 Å². The number of methoxy groups -OCH3 is 1. The summed E-state index contributed by atoms with van der Waals surface area (Å²) < 4.78 is 5.56. The minimum Gasteiger partial charge on any atom is -0.497 e. The van der Waals surface area contributed by atoms with Crippen LogP contribution in [-0.2, 0) is 23.1 Å². The van der Waals surface area contributed by atoms with Crippen LogP contribution in [0.15, 0.2) is 42.5 Å². The van der Waals surface area contributed by atoms with E-state index in [2.05, 4.69) is 34.1 Å². The van der Waals surface area contributed by atoms with Gasteiger partial charge < -0.3 is 14.6 Å². The molecule has 1 amide bonds. The highest BCUT2D eigenvalue weighted by atomic mass is 35.5. The van der Waals surface area contributed by atoms with E-state index >= 15 is 0 Å². The highest BCUT2D eigenvalue weighted by molar-refractivity contribution is 6.31. The van der Waals surface area contributed by atoms with E-state index in [4.69, 9.17) is 16.3 Å². The Kier molecular flexibility index (Phi) is 4.36. The van der Waals surface area contributed by atoms with Gasteiger partial charge in [-0.2, -0.15) is 0 Å². The Balaban J connectivity index is 1.45. The molecule has 0 bridgehead atoms. The average Bonchev–Trinajstić information content (AvgIpc) is 3.58. The second-order valence-electron chi connectivity index (χ2n) is 9.55. The number of H-pyrrole nitrogens is 1. The molecule has 2 fully saturated rings. The Hall–Kier alpha value is -2.46. The Morgan fingerprint density at radius 2 is 2.10 bits per heavy atom. The van der Waals surface area contributed by atoms with Gasteiger partial charge in [0, 0.05) is 46.0 Å². The first-order chi connectivity index (χ1) is 15.1. The molecule has 2 aliphatic carbocycles. The van der Waals surface area contributed by atoms with Crippen molar-refractivity contribution in [1.29, 1.82) is 0 Å². The number of rotatable bonds is 3. The van der Waals surface area contributed by atoms with E-state index in [0.29, 0.717) is 11.8 Å². The second-order valence-corrected chi connectivity index (χ2v) is 9.98. The van der Waals surface area contributed by atoms with Crippen LogP contribution in [0.4, 0.5) is 0 Å². The molecule has 2 atom stereocenters. The van der Waals surface area contributed by atoms with E-state index < -0.39 is 0 Å². The van der Waals surface area contributed by atoms with E-state index in [9.17, 15) is 4.79 Å². The normalized spacial score (nSPS) is 25.2. The van der Waals surface area contributed by atoms with Crippen LogP contribution in [0.3, 0.4) is 0 Å². The minimum atomic E-state index is 0.00649. The van der Waals surface area contributed by atoms with Crippen LogP contribution in [0.1, 0.15) is 36.1 Å². The molecule has 2 aromatic carbocycles. The lowest BCUT2D eigenvalue weighted by atomic mass is 9.58. The molecule has 0 radical (unpaired) electrons. The second kappa shape index (κ2) is 7.03. The summed E-state index contributed by atoms with van der Waals surface area (Å²) in [6.07, 6.45) is 5.04. The van der Waals surface area contributed by atoms with Gasteiger partial charge in [0.1, 0.15) is 5.75 Å². The lowest BCUT2D eigenvalue weighted by Crippen LogP contribution is -2.55. The number of fused-ring (bicyclic) bond motifs is 4. The van der Waals surface area contributed by atoms with Crippen LogP contribution < -0.4 is 4.74 Å². The lowest BCUT2D eigenvalue weighted by molar-refractivity contribution is -0.135. The molecule has 31 heavy (non-hydrogen) atoms. The summed E-state index contributed by atoms with van der Waals surface area (Å²) in [5, 5.41) is 2.02. The van der Waals surface area contributed by atoms with E-state index in [0.717, 1.165) is 61.5 Å². The number of aromatic nitrogens is 1. The predicted molar refractivity (Wildman–Crippen MR) is 123 cm³/mol. The molecule has 1 saturated heterocycles. The van der Waals surface area contributed by atoms with Gasteiger partial charge in [0.15, 0.2) is 0 Å². The van der Waals surface area contributed by atoms with E-state index in [1.807, 2.05) is 18.2 Å². The minimum absolute atomic E-state index is 0.00649. The third kappa shape index (κ3) is 3.07. The number of carbonyl (C=O) groups is 1. The molecule has 5 heteroatoms. The van der Waals surface area contributed by atoms with Crippen LogP contribution in [0.2, 0.25) is 5.02 Å². The standard InChI is InChI=1S/C26H27ClN2O2/c1-31-20-4-2-3-17(11-20)26-9-10-29(25(30)16-5-6-16)15-18(26)12-22-21-8-7-19(27)13-23(21)28-24(22)14-26/h2-4,7-8,11,13,16,18,28H,5-6,9-10,12,14-15H2,1H3. The third-order valence-corrected chi connectivity index (χ3v) is 8.07. The Labute approximate surface area is 187 Å². The fourth-order valence-corrected chi connectivity index (χ4v) is 6.17. The van der Waals surface area contributed by atoms with Crippen molar-refractivity contribution in [3.63, 3.8) is 0 Å². The van der Waals surface area contributed by atoms with Gasteiger partial charge in [-0.3, -0.25) is 4.79 Å². The maximum absolute atomic E-state index is 12.9. The number of nitrogens with one attached hydrogen (secondary N) is 1. The molecule has 3 aliphatic rings. The van der Waals surface area contributed by atoms with Crippen LogP contribution in [-0.4, -0.2) is 36.0 Å². The Morgan fingerprint density at radius 1 is 1.23 bits per heavy atom. The number of likely N-dealkylation sites (tertiary alicyclic amines) is 1. The molecular formula is C26H27ClN2O2. The van der Waals surface area contributed by atoms with Gasteiger partial charge in [-0.1, -0.05) is 29.8 Å². The van der Waals surface area contributed by atoms with Crippen LogP contribution in [0, 0.1) is 11.8 Å². The SMILES string of the molecule is COc1cccc(C23CCN(C(=O)C4CC4)CC2Cc2c([nH]c4cc(Cl)ccc24)C3)c1. The van der Waals surface area contributed by atoms with Gasteiger partial charge in [-0.25, -0.2) is 0 Å². The number of hydrogen-bond acceptors (Lipinski definition) is 2. The van der Waals surface area contributed by atoms with Crippen molar-refractivity contribution in [1.82, 2.24) is 9.88 Å². The number of hydrogen-bond donors (Lipinski definition) is 1. The van der Waals surface area contributed by atoms with E-state index in [-0.39, 0.29) is 11.3 Å². The monoisotopic (exact) mass is 434 g/mol. The van der Waals surface area contributed by atoms with E-state index in [1.54, 1.807) is 7.11 Å². The van der Waals surface area contributed by atoms with Crippen molar-refractivity contribution in [2.45, 2.75) is 37.5 Å². The molecule has 6 rings (SSSR count). The van der Waals surface area contributed by atoms with E-state index in [1.165, 1.54) is 22.2 Å². The summed E-state index contributed by atoms with van der Waals surface area (Å²) in [6.45, 7) is 1.68. The zero-order valence-corrected chi connectivity index (χ0v) is 18.5. The van der Waals surface area contributed by atoms with Gasteiger partial charge in [-0.05, 0) is 73.4 Å². The molecule has 3 aromatic rings. The number of amides is 1.